The van der Waals surface area contributed by atoms with Crippen LogP contribution in [-0.2, 0) is 0 Å². The Bertz CT molecular complexity index is 632. The molecule has 3 rings (SSSR count). The van der Waals surface area contributed by atoms with E-state index in [1.807, 2.05) is 0 Å². The molecule has 5 heteroatoms. The molecule has 1 aliphatic heterocycles. The second kappa shape index (κ2) is 8.48. The van der Waals surface area contributed by atoms with E-state index in [-0.39, 0.29) is 11.5 Å². The van der Waals surface area contributed by atoms with Gasteiger partial charge in [-0.05, 0) is 50.3 Å². The molecule has 0 spiro atoms. The van der Waals surface area contributed by atoms with Crippen LogP contribution in [0.3, 0.4) is 0 Å². The van der Waals surface area contributed by atoms with Gasteiger partial charge in [0.1, 0.15) is 17.1 Å². The van der Waals surface area contributed by atoms with E-state index in [2.05, 4.69) is 17.1 Å². The predicted octanol–water partition coefficient (Wildman–Crippen LogP) is 3.34. The van der Waals surface area contributed by atoms with Gasteiger partial charge in [0.2, 0.25) is 0 Å². The van der Waals surface area contributed by atoms with Crippen molar-refractivity contribution in [3.63, 3.8) is 0 Å². The van der Waals surface area contributed by atoms with Crippen LogP contribution in [-0.4, -0.2) is 55.5 Å². The van der Waals surface area contributed by atoms with E-state index in [0.29, 0.717) is 18.8 Å². The number of carbonyl (C=O) groups is 1. The monoisotopic (exact) mass is 346 g/mol. The molecule has 1 unspecified atom stereocenters. The minimum Gasteiger partial charge on any atom is -0.496 e. The lowest BCUT2D eigenvalue weighted by Gasteiger charge is -2.27. The standard InChI is InChI=1S/C20H27FN2O2/c1-25-18-10-5-9-17(21)19(18)20(24)23-12-6-11-22(13-14-23)15-16-7-3-2-4-8-16/h2-3,5,9-10,16H,4,6-8,11-15H2,1H3. The van der Waals surface area contributed by atoms with Gasteiger partial charge in [0, 0.05) is 26.2 Å². The van der Waals surface area contributed by atoms with Gasteiger partial charge in [-0.2, -0.15) is 0 Å². The molecule has 4 nitrogen and oxygen atoms in total. The topological polar surface area (TPSA) is 32.8 Å². The number of carbonyl (C=O) groups excluding carboxylic acids is 1. The molecule has 0 aromatic heterocycles. The van der Waals surface area contributed by atoms with Crippen LogP contribution in [0.2, 0.25) is 0 Å². The largest absolute Gasteiger partial charge is 0.496 e. The van der Waals surface area contributed by atoms with Crippen LogP contribution >= 0.6 is 0 Å². The minimum atomic E-state index is -0.514. The fourth-order valence-electron chi connectivity index (χ4n) is 3.78. The van der Waals surface area contributed by atoms with Crippen LogP contribution in [0.25, 0.3) is 0 Å². The van der Waals surface area contributed by atoms with Crippen molar-refractivity contribution < 1.29 is 13.9 Å². The van der Waals surface area contributed by atoms with E-state index in [4.69, 9.17) is 4.74 Å². The number of methoxy groups -OCH3 is 1. The van der Waals surface area contributed by atoms with E-state index < -0.39 is 5.82 Å². The van der Waals surface area contributed by atoms with Crippen LogP contribution in [0.4, 0.5) is 4.39 Å². The number of halogens is 1. The van der Waals surface area contributed by atoms with E-state index in [9.17, 15) is 9.18 Å². The summed E-state index contributed by atoms with van der Waals surface area (Å²) in [6, 6.07) is 4.52. The SMILES string of the molecule is COc1cccc(F)c1C(=O)N1CCCN(CC2CC=CCC2)CC1. The van der Waals surface area contributed by atoms with Crippen LogP contribution in [0.1, 0.15) is 36.0 Å². The number of allylic oxidation sites excluding steroid dienone is 2. The number of benzene rings is 1. The first-order valence-corrected chi connectivity index (χ1v) is 9.18. The Hall–Kier alpha value is -1.88. The summed E-state index contributed by atoms with van der Waals surface area (Å²) in [5, 5.41) is 0. The van der Waals surface area contributed by atoms with Gasteiger partial charge in [0.05, 0.1) is 7.11 Å². The molecule has 0 N–H and O–H groups in total. The number of ether oxygens (including phenoxy) is 1. The molecule has 1 aromatic rings. The van der Waals surface area contributed by atoms with Crippen molar-refractivity contribution in [3.05, 3.63) is 41.7 Å². The van der Waals surface area contributed by atoms with Crippen molar-refractivity contribution in [2.75, 3.05) is 39.8 Å². The average molecular weight is 346 g/mol. The molecule has 1 aliphatic carbocycles. The zero-order valence-electron chi connectivity index (χ0n) is 14.9. The van der Waals surface area contributed by atoms with E-state index in [0.717, 1.165) is 38.4 Å². The summed E-state index contributed by atoms with van der Waals surface area (Å²) in [6.45, 7) is 4.24. The molecule has 1 fully saturated rings. The summed E-state index contributed by atoms with van der Waals surface area (Å²) >= 11 is 0. The van der Waals surface area contributed by atoms with Crippen molar-refractivity contribution in [2.45, 2.75) is 25.7 Å². The summed E-state index contributed by atoms with van der Waals surface area (Å²) in [6.07, 6.45) is 9.06. The maximum absolute atomic E-state index is 14.2. The molecular weight excluding hydrogens is 319 g/mol. The molecule has 2 aliphatic rings. The van der Waals surface area contributed by atoms with E-state index >= 15 is 0 Å². The van der Waals surface area contributed by atoms with Gasteiger partial charge in [-0.3, -0.25) is 4.79 Å². The number of rotatable bonds is 4. The third-order valence-corrected chi connectivity index (χ3v) is 5.18. The molecule has 1 heterocycles. The summed E-state index contributed by atoms with van der Waals surface area (Å²) < 4.78 is 19.4. The molecule has 25 heavy (non-hydrogen) atoms. The fraction of sp³-hybridized carbons (Fsp3) is 0.550. The molecular formula is C20H27FN2O2. The zero-order chi connectivity index (χ0) is 17.6. The Morgan fingerprint density at radius 1 is 1.24 bits per heavy atom. The van der Waals surface area contributed by atoms with Gasteiger partial charge in [0.25, 0.3) is 5.91 Å². The quantitative estimate of drug-likeness (QED) is 0.784. The Morgan fingerprint density at radius 3 is 2.88 bits per heavy atom. The van der Waals surface area contributed by atoms with Crippen LogP contribution in [0.15, 0.2) is 30.4 Å². The summed E-state index contributed by atoms with van der Waals surface area (Å²) in [7, 11) is 1.47. The molecule has 136 valence electrons. The van der Waals surface area contributed by atoms with Gasteiger partial charge in [-0.15, -0.1) is 0 Å². The Balaban J connectivity index is 1.63. The van der Waals surface area contributed by atoms with Crippen molar-refractivity contribution in [3.8, 4) is 5.75 Å². The number of hydrogen-bond donors (Lipinski definition) is 0. The first-order valence-electron chi connectivity index (χ1n) is 9.18. The molecule has 0 radical (unpaired) electrons. The number of nitrogens with zero attached hydrogens (tertiary/aromatic N) is 2. The van der Waals surface area contributed by atoms with Gasteiger partial charge in [0.15, 0.2) is 0 Å². The van der Waals surface area contributed by atoms with Crippen molar-refractivity contribution in [1.29, 1.82) is 0 Å². The molecule has 1 atom stereocenters. The first-order chi connectivity index (χ1) is 12.2. The summed E-state index contributed by atoms with van der Waals surface area (Å²) in [5.74, 6) is 0.246. The minimum absolute atomic E-state index is 0.0517. The lowest BCUT2D eigenvalue weighted by atomic mass is 9.94. The Morgan fingerprint density at radius 2 is 2.12 bits per heavy atom. The van der Waals surface area contributed by atoms with Gasteiger partial charge >= 0.3 is 0 Å². The van der Waals surface area contributed by atoms with Crippen molar-refractivity contribution >= 4 is 5.91 Å². The Kier molecular flexibility index (Phi) is 6.08. The highest BCUT2D eigenvalue weighted by Crippen LogP contribution is 2.24. The summed E-state index contributed by atoms with van der Waals surface area (Å²) in [5.41, 5.74) is 0.0517. The molecule has 1 saturated heterocycles. The van der Waals surface area contributed by atoms with Crippen LogP contribution < -0.4 is 4.74 Å². The molecule has 1 aromatic carbocycles. The third-order valence-electron chi connectivity index (χ3n) is 5.18. The van der Waals surface area contributed by atoms with Crippen molar-refractivity contribution in [2.24, 2.45) is 5.92 Å². The van der Waals surface area contributed by atoms with Crippen LogP contribution in [0, 0.1) is 11.7 Å². The van der Waals surface area contributed by atoms with Crippen molar-refractivity contribution in [1.82, 2.24) is 9.80 Å². The zero-order valence-corrected chi connectivity index (χ0v) is 14.9. The molecule has 0 bridgehead atoms. The third kappa shape index (κ3) is 4.40. The highest BCUT2D eigenvalue weighted by atomic mass is 19.1. The maximum Gasteiger partial charge on any atom is 0.260 e. The van der Waals surface area contributed by atoms with E-state index in [1.165, 1.54) is 26.0 Å². The van der Waals surface area contributed by atoms with Gasteiger partial charge in [-0.25, -0.2) is 4.39 Å². The normalized spacial score (nSPS) is 21.8. The lowest BCUT2D eigenvalue weighted by Crippen LogP contribution is -2.37. The molecule has 0 saturated carbocycles. The second-order valence-corrected chi connectivity index (χ2v) is 6.91. The highest BCUT2D eigenvalue weighted by Gasteiger charge is 2.26. The predicted molar refractivity (Wildman–Crippen MR) is 96.4 cm³/mol. The maximum atomic E-state index is 14.2. The smallest absolute Gasteiger partial charge is 0.260 e. The fourth-order valence-corrected chi connectivity index (χ4v) is 3.78. The average Bonchev–Trinajstić information content (AvgIpc) is 2.87. The Labute approximate surface area is 149 Å². The number of hydrogen-bond acceptors (Lipinski definition) is 3. The lowest BCUT2D eigenvalue weighted by molar-refractivity contribution is 0.0752. The van der Waals surface area contributed by atoms with Gasteiger partial charge in [-0.1, -0.05) is 18.2 Å². The number of amides is 1. The first kappa shape index (κ1) is 17.9. The summed E-state index contributed by atoms with van der Waals surface area (Å²) in [4.78, 5) is 17.0. The van der Waals surface area contributed by atoms with E-state index in [1.54, 1.807) is 17.0 Å². The van der Waals surface area contributed by atoms with Gasteiger partial charge < -0.3 is 14.5 Å². The highest BCUT2D eigenvalue weighted by molar-refractivity contribution is 5.97. The second-order valence-electron chi connectivity index (χ2n) is 6.91. The van der Waals surface area contributed by atoms with Crippen LogP contribution in [0.5, 0.6) is 5.75 Å². The molecule has 1 amide bonds.